The van der Waals surface area contributed by atoms with E-state index in [1.807, 2.05) is 32.2 Å². The second-order valence-electron chi connectivity index (χ2n) is 7.65. The number of hydrogen-bond acceptors (Lipinski definition) is 4. The summed E-state index contributed by atoms with van der Waals surface area (Å²) in [6.45, 7) is 3.37. The minimum Gasteiger partial charge on any atom is -0.491 e. The summed E-state index contributed by atoms with van der Waals surface area (Å²) in [5, 5.41) is 7.32. The van der Waals surface area contributed by atoms with E-state index in [2.05, 4.69) is 16.5 Å². The van der Waals surface area contributed by atoms with Crippen molar-refractivity contribution in [2.45, 2.75) is 45.2 Å². The fraction of sp³-hybridized carbons (Fsp3) is 0.476. The van der Waals surface area contributed by atoms with Gasteiger partial charge in [0.15, 0.2) is 5.69 Å². The van der Waals surface area contributed by atoms with Crippen LogP contribution in [0.3, 0.4) is 0 Å². The van der Waals surface area contributed by atoms with Crippen molar-refractivity contribution in [1.29, 1.82) is 0 Å². The molecule has 1 aliphatic carbocycles. The first-order valence-corrected chi connectivity index (χ1v) is 9.83. The van der Waals surface area contributed by atoms with Gasteiger partial charge in [0.05, 0.1) is 6.54 Å². The molecular formula is C21H26N4O3. The number of carbonyl (C=O) groups excluding carboxylic acids is 2. The third kappa shape index (κ3) is 4.18. The smallest absolute Gasteiger partial charge is 0.274 e. The number of benzene rings is 1. The van der Waals surface area contributed by atoms with Gasteiger partial charge in [-0.3, -0.25) is 14.3 Å². The van der Waals surface area contributed by atoms with Crippen LogP contribution in [0.4, 0.5) is 0 Å². The normalized spacial score (nSPS) is 16.1. The van der Waals surface area contributed by atoms with Gasteiger partial charge in [0.25, 0.3) is 5.91 Å². The third-order valence-electron chi connectivity index (χ3n) is 5.31. The highest BCUT2D eigenvalue weighted by molar-refractivity contribution is 5.92. The molecule has 28 heavy (non-hydrogen) atoms. The molecule has 4 rings (SSSR count). The number of nitrogens with one attached hydrogen (secondary N) is 1. The Balaban J connectivity index is 1.45. The molecule has 7 heteroatoms. The predicted octanol–water partition coefficient (Wildman–Crippen LogP) is 1.97. The van der Waals surface area contributed by atoms with Gasteiger partial charge >= 0.3 is 0 Å². The molecule has 0 unspecified atom stereocenters. The number of amides is 2. The lowest BCUT2D eigenvalue weighted by Crippen LogP contribution is -2.32. The average Bonchev–Trinajstić information content (AvgIpc) is 3.45. The van der Waals surface area contributed by atoms with Crippen molar-refractivity contribution in [2.24, 2.45) is 7.05 Å². The molecule has 0 spiro atoms. The van der Waals surface area contributed by atoms with Crippen LogP contribution in [0, 0.1) is 6.92 Å². The van der Waals surface area contributed by atoms with Crippen LogP contribution in [0.1, 0.15) is 46.6 Å². The highest BCUT2D eigenvalue weighted by Gasteiger charge is 2.24. The molecule has 2 aromatic rings. The summed E-state index contributed by atoms with van der Waals surface area (Å²) < 4.78 is 7.54. The van der Waals surface area contributed by atoms with Crippen LogP contribution in [-0.2, 0) is 24.8 Å². The molecule has 0 atom stereocenters. The van der Waals surface area contributed by atoms with Crippen molar-refractivity contribution in [3.8, 4) is 5.75 Å². The van der Waals surface area contributed by atoms with Crippen LogP contribution in [0.2, 0.25) is 0 Å². The molecule has 2 aliphatic rings. The molecule has 1 aromatic carbocycles. The Morgan fingerprint density at radius 2 is 2.11 bits per heavy atom. The maximum atomic E-state index is 12.9. The van der Waals surface area contributed by atoms with Crippen molar-refractivity contribution in [3.05, 3.63) is 46.8 Å². The first-order valence-electron chi connectivity index (χ1n) is 9.83. The number of nitrogens with zero attached hydrogens (tertiary/aromatic N) is 3. The van der Waals surface area contributed by atoms with Gasteiger partial charge in [-0.15, -0.1) is 0 Å². The van der Waals surface area contributed by atoms with E-state index in [0.717, 1.165) is 35.4 Å². The van der Waals surface area contributed by atoms with E-state index in [1.54, 1.807) is 9.58 Å². The first kappa shape index (κ1) is 18.5. The van der Waals surface area contributed by atoms with Crippen molar-refractivity contribution >= 4 is 11.8 Å². The molecule has 0 saturated heterocycles. The highest BCUT2D eigenvalue weighted by Crippen LogP contribution is 2.26. The van der Waals surface area contributed by atoms with Gasteiger partial charge in [0, 0.05) is 37.3 Å². The van der Waals surface area contributed by atoms with Crippen molar-refractivity contribution in [1.82, 2.24) is 20.0 Å². The van der Waals surface area contributed by atoms with Crippen LogP contribution >= 0.6 is 0 Å². The lowest BCUT2D eigenvalue weighted by atomic mass is 10.0. The van der Waals surface area contributed by atoms with Gasteiger partial charge in [0.2, 0.25) is 5.91 Å². The van der Waals surface area contributed by atoms with E-state index >= 15 is 0 Å². The predicted molar refractivity (Wildman–Crippen MR) is 104 cm³/mol. The molecule has 1 fully saturated rings. The van der Waals surface area contributed by atoms with E-state index in [0.29, 0.717) is 44.3 Å². The second-order valence-corrected chi connectivity index (χ2v) is 7.65. The Bertz CT molecular complexity index is 882. The summed E-state index contributed by atoms with van der Waals surface area (Å²) in [6.07, 6.45) is 3.36. The van der Waals surface area contributed by atoms with Gasteiger partial charge in [-0.1, -0.05) is 12.1 Å². The zero-order chi connectivity index (χ0) is 19.7. The van der Waals surface area contributed by atoms with E-state index in [9.17, 15) is 9.59 Å². The van der Waals surface area contributed by atoms with E-state index < -0.39 is 0 Å². The van der Waals surface area contributed by atoms with E-state index in [1.165, 1.54) is 0 Å². The fourth-order valence-corrected chi connectivity index (χ4v) is 3.39. The zero-order valence-corrected chi connectivity index (χ0v) is 16.4. The van der Waals surface area contributed by atoms with Crippen LogP contribution in [0.15, 0.2) is 24.3 Å². The number of fused-ring (bicyclic) bond motifs is 1. The number of aromatic nitrogens is 2. The number of carbonyl (C=O) groups is 2. The van der Waals surface area contributed by atoms with Crippen LogP contribution in [0.5, 0.6) is 5.75 Å². The summed E-state index contributed by atoms with van der Waals surface area (Å²) in [6, 6.07) is 8.20. The van der Waals surface area contributed by atoms with Crippen molar-refractivity contribution in [3.63, 3.8) is 0 Å². The Hall–Kier alpha value is -2.83. The minimum atomic E-state index is -0.0886. The van der Waals surface area contributed by atoms with Gasteiger partial charge in [-0.05, 0) is 43.9 Å². The second kappa shape index (κ2) is 7.66. The summed E-state index contributed by atoms with van der Waals surface area (Å²) in [7, 11) is 1.83. The molecule has 148 valence electrons. The molecule has 0 bridgehead atoms. The highest BCUT2D eigenvalue weighted by atomic mass is 16.5. The third-order valence-corrected chi connectivity index (χ3v) is 5.31. The summed E-state index contributed by atoms with van der Waals surface area (Å²) in [5.74, 6) is 0.823. The number of hydrogen-bond donors (Lipinski definition) is 1. The molecule has 2 amide bonds. The molecule has 0 radical (unpaired) electrons. The topological polar surface area (TPSA) is 76.5 Å². The summed E-state index contributed by atoms with van der Waals surface area (Å²) in [4.78, 5) is 26.6. The summed E-state index contributed by atoms with van der Waals surface area (Å²) in [5.41, 5.74) is 3.45. The minimum absolute atomic E-state index is 0.0886. The number of ether oxygens (including phenoxy) is 1. The maximum Gasteiger partial charge on any atom is 0.274 e. The summed E-state index contributed by atoms with van der Waals surface area (Å²) >= 11 is 0. The molecule has 1 aromatic heterocycles. The largest absolute Gasteiger partial charge is 0.491 e. The Kier molecular flexibility index (Phi) is 5.07. The van der Waals surface area contributed by atoms with Crippen LogP contribution < -0.4 is 10.1 Å². The molecule has 1 saturated carbocycles. The van der Waals surface area contributed by atoms with Crippen molar-refractivity contribution < 1.29 is 14.3 Å². The van der Waals surface area contributed by atoms with Gasteiger partial charge in [-0.25, -0.2) is 0 Å². The molecule has 1 aliphatic heterocycles. The Morgan fingerprint density at radius 1 is 1.29 bits per heavy atom. The average molecular weight is 382 g/mol. The molecule has 2 heterocycles. The first-order chi connectivity index (χ1) is 13.5. The van der Waals surface area contributed by atoms with E-state index in [4.69, 9.17) is 4.74 Å². The Labute approximate surface area is 164 Å². The molecule has 1 N–H and O–H groups in total. The van der Waals surface area contributed by atoms with Crippen LogP contribution in [-0.4, -0.2) is 45.7 Å². The van der Waals surface area contributed by atoms with Gasteiger partial charge in [-0.2, -0.15) is 5.10 Å². The van der Waals surface area contributed by atoms with Gasteiger partial charge < -0.3 is 15.0 Å². The molecular weight excluding hydrogens is 356 g/mol. The fourth-order valence-electron chi connectivity index (χ4n) is 3.39. The molecule has 7 nitrogen and oxygen atoms in total. The lowest BCUT2D eigenvalue weighted by Gasteiger charge is -2.18. The van der Waals surface area contributed by atoms with Gasteiger partial charge in [0.1, 0.15) is 12.4 Å². The standard InChI is InChI=1S/C21H26N4O3/c1-14-11-18(23-24(14)2)21(27)25-9-10-28-19-7-3-15(12-16(19)13-25)4-8-20(26)22-17-5-6-17/h3,7,11-12,17H,4-6,8-10,13H2,1-2H3,(H,22,26). The SMILES string of the molecule is Cc1cc(C(=O)N2CCOc3ccc(CCC(=O)NC4CC4)cc3C2)nn1C. The number of aryl methyl sites for hydroxylation is 3. The van der Waals surface area contributed by atoms with E-state index in [-0.39, 0.29) is 11.8 Å². The quantitative estimate of drug-likeness (QED) is 0.858. The number of rotatable bonds is 5. The van der Waals surface area contributed by atoms with Crippen molar-refractivity contribution in [2.75, 3.05) is 13.2 Å². The Morgan fingerprint density at radius 3 is 2.82 bits per heavy atom. The maximum absolute atomic E-state index is 12.9. The zero-order valence-electron chi connectivity index (χ0n) is 16.4. The van der Waals surface area contributed by atoms with Crippen LogP contribution in [0.25, 0.3) is 0 Å². The lowest BCUT2D eigenvalue weighted by molar-refractivity contribution is -0.121. The monoisotopic (exact) mass is 382 g/mol.